The Morgan fingerprint density at radius 2 is 1.73 bits per heavy atom. The van der Waals surface area contributed by atoms with Gasteiger partial charge >= 0.3 is 0 Å². The molecule has 316 valence electrons. The average molecular weight is 835 g/mol. The maximum absolute atomic E-state index is 13.6. The highest BCUT2D eigenvalue weighted by atomic mass is 32.1. The molecular weight excluding hydrogens is 781 g/mol. The van der Waals surface area contributed by atoms with Gasteiger partial charge in [-0.1, -0.05) is 12.1 Å². The molecule has 9 rings (SSSR count). The van der Waals surface area contributed by atoms with Crippen molar-refractivity contribution >= 4 is 62.5 Å². The summed E-state index contributed by atoms with van der Waals surface area (Å²) in [4.78, 5) is 73.1. The largest absolute Gasteiger partial charge is 0.385 e. The molecule has 3 saturated carbocycles. The van der Waals surface area contributed by atoms with Gasteiger partial charge in [-0.25, -0.2) is 4.98 Å². The van der Waals surface area contributed by atoms with E-state index in [1.807, 2.05) is 25.1 Å². The maximum atomic E-state index is 13.6. The number of rotatable bonds is 10. The van der Waals surface area contributed by atoms with Gasteiger partial charge in [-0.05, 0) is 134 Å². The summed E-state index contributed by atoms with van der Waals surface area (Å²) >= 11 is 1.47. The van der Waals surface area contributed by atoms with Crippen LogP contribution in [-0.4, -0.2) is 90.9 Å². The summed E-state index contributed by atoms with van der Waals surface area (Å²) in [5, 5.41) is 24.9. The monoisotopic (exact) mass is 834 g/mol. The Morgan fingerprint density at radius 1 is 1.00 bits per heavy atom. The molecule has 4 fully saturated rings. The topological polar surface area (TPSA) is 179 Å². The van der Waals surface area contributed by atoms with Crippen molar-refractivity contribution < 1.29 is 29.1 Å². The Kier molecular flexibility index (Phi) is 10.4. The van der Waals surface area contributed by atoms with Crippen molar-refractivity contribution in [1.82, 2.24) is 29.9 Å². The highest BCUT2D eigenvalue weighted by Gasteiger charge is 2.49. The summed E-state index contributed by atoms with van der Waals surface area (Å²) in [6.07, 6.45) is 13.4. The van der Waals surface area contributed by atoms with Crippen LogP contribution in [0.3, 0.4) is 0 Å². The molecule has 0 bridgehead atoms. The van der Waals surface area contributed by atoms with E-state index in [9.17, 15) is 29.1 Å². The number of nitrogens with zero attached hydrogens (tertiary/aromatic N) is 5. The molecule has 1 unspecified atom stereocenters. The molecule has 60 heavy (non-hydrogen) atoms. The Morgan fingerprint density at radius 3 is 2.43 bits per heavy atom. The van der Waals surface area contributed by atoms with Gasteiger partial charge < -0.3 is 20.6 Å². The number of carbonyl (C=O) groups excluding carboxylic acids is 5. The van der Waals surface area contributed by atoms with Crippen LogP contribution < -0.4 is 16.0 Å². The third-order valence-corrected chi connectivity index (χ3v) is 15.3. The quantitative estimate of drug-likeness (QED) is 0.128. The molecule has 14 nitrogen and oxygen atoms in total. The lowest BCUT2D eigenvalue weighted by Gasteiger charge is -2.53. The molecule has 4 aromatic rings. The number of benzene rings is 1. The predicted octanol–water partition coefficient (Wildman–Crippen LogP) is 6.55. The van der Waals surface area contributed by atoms with Gasteiger partial charge in [0.25, 0.3) is 17.7 Å². The number of fused-ring (bicyclic) bond motifs is 2. The summed E-state index contributed by atoms with van der Waals surface area (Å²) in [7, 11) is 2.29. The molecule has 4 N–H and O–H groups in total. The van der Waals surface area contributed by atoms with Crippen molar-refractivity contribution in [3.63, 3.8) is 0 Å². The van der Waals surface area contributed by atoms with E-state index in [0.29, 0.717) is 56.0 Å². The number of nitrogens with one attached hydrogen (secondary N) is 3. The van der Waals surface area contributed by atoms with E-state index < -0.39 is 29.4 Å². The molecule has 1 aromatic carbocycles. The Balaban J connectivity index is 0.756. The highest BCUT2D eigenvalue weighted by Crippen LogP contribution is 2.53. The minimum absolute atomic E-state index is 0.0935. The predicted molar refractivity (Wildman–Crippen MR) is 228 cm³/mol. The van der Waals surface area contributed by atoms with E-state index in [2.05, 4.69) is 43.8 Å². The number of hydrogen-bond acceptors (Lipinski definition) is 11. The van der Waals surface area contributed by atoms with Crippen LogP contribution in [0.2, 0.25) is 0 Å². The normalized spacial score (nSPS) is 27.0. The highest BCUT2D eigenvalue weighted by molar-refractivity contribution is 7.19. The first-order valence-electron chi connectivity index (χ1n) is 21.5. The minimum atomic E-state index is -1.14. The summed E-state index contributed by atoms with van der Waals surface area (Å²) in [6.45, 7) is 6.40. The Labute approximate surface area is 353 Å². The lowest BCUT2D eigenvalue weighted by molar-refractivity contribution is -0.136. The maximum Gasteiger partial charge on any atom is 0.274 e. The summed E-state index contributed by atoms with van der Waals surface area (Å²) in [5.41, 5.74) is 2.77. The van der Waals surface area contributed by atoms with E-state index >= 15 is 0 Å². The smallest absolute Gasteiger partial charge is 0.274 e. The summed E-state index contributed by atoms with van der Waals surface area (Å²) in [6, 6.07) is 10.7. The van der Waals surface area contributed by atoms with Crippen LogP contribution in [0.1, 0.15) is 139 Å². The second kappa shape index (κ2) is 15.5. The fourth-order valence-corrected chi connectivity index (χ4v) is 11.7. The first-order valence-corrected chi connectivity index (χ1v) is 22.3. The number of amides is 5. The summed E-state index contributed by atoms with van der Waals surface area (Å²) < 4.78 is 3.02. The van der Waals surface area contributed by atoms with Gasteiger partial charge in [-0.3, -0.25) is 38.9 Å². The number of aryl methyl sites for hydroxylation is 1. The number of piperidine rings is 1. The molecule has 15 heteroatoms. The van der Waals surface area contributed by atoms with Gasteiger partial charge in [0.1, 0.15) is 17.3 Å². The standard InChI is InChI=1S/C45H54N8O6S/c1-25-7-5-10-32(46-25)40(55)49-38-37-34(60-39(38)44(2,3)59)24-52(50-37)29-13-11-26(12-14-29)23-51(4)28-17-19-45(20-18-28)21-27(22-45)47-31-9-6-8-30-36(31)43(58)53(42(30)57)33-15-16-35(54)48-41(33)56/h5-10,24,26-29,33,47,59H,11-23H2,1-4H3,(H,49,55)(H,48,54,56). The average Bonchev–Trinajstić information content (AvgIpc) is 3.85. The molecule has 5 amide bonds. The third kappa shape index (κ3) is 7.53. The van der Waals surface area contributed by atoms with Gasteiger partial charge in [0.2, 0.25) is 11.8 Å². The van der Waals surface area contributed by atoms with E-state index in [-0.39, 0.29) is 36.7 Å². The van der Waals surface area contributed by atoms with Crippen molar-refractivity contribution in [2.75, 3.05) is 24.2 Å². The fourth-order valence-electron chi connectivity index (χ4n) is 10.6. The van der Waals surface area contributed by atoms with Crippen LogP contribution in [0.15, 0.2) is 42.6 Å². The third-order valence-electron chi connectivity index (χ3n) is 13.9. The first-order chi connectivity index (χ1) is 28.7. The van der Waals surface area contributed by atoms with Crippen molar-refractivity contribution in [1.29, 1.82) is 0 Å². The van der Waals surface area contributed by atoms with Crippen LogP contribution in [0.25, 0.3) is 10.2 Å². The second-order valence-electron chi connectivity index (χ2n) is 18.6. The molecule has 2 aliphatic heterocycles. The van der Waals surface area contributed by atoms with Crippen LogP contribution in [0.5, 0.6) is 0 Å². The zero-order valence-electron chi connectivity index (χ0n) is 34.8. The number of carbonyl (C=O) groups is 5. The number of thiophene rings is 1. The zero-order valence-corrected chi connectivity index (χ0v) is 35.6. The summed E-state index contributed by atoms with van der Waals surface area (Å²) in [5.74, 6) is -1.64. The number of aliphatic hydroxyl groups is 1. The molecule has 5 heterocycles. The van der Waals surface area contributed by atoms with E-state index in [0.717, 1.165) is 60.4 Å². The molecule has 1 saturated heterocycles. The van der Waals surface area contributed by atoms with Gasteiger partial charge in [-0.2, -0.15) is 5.10 Å². The molecule has 3 aliphatic carbocycles. The minimum Gasteiger partial charge on any atom is -0.385 e. The molecule has 0 radical (unpaired) electrons. The Bertz CT molecular complexity index is 2370. The number of pyridine rings is 1. The van der Waals surface area contributed by atoms with Crippen molar-refractivity contribution in [3.05, 3.63) is 70.0 Å². The van der Waals surface area contributed by atoms with Crippen LogP contribution >= 0.6 is 11.3 Å². The van der Waals surface area contributed by atoms with Gasteiger partial charge in [0, 0.05) is 42.6 Å². The van der Waals surface area contributed by atoms with Crippen molar-refractivity contribution in [2.24, 2.45) is 11.3 Å². The van der Waals surface area contributed by atoms with Crippen LogP contribution in [0, 0.1) is 18.3 Å². The molecule has 1 atom stereocenters. The number of imide groups is 2. The van der Waals surface area contributed by atoms with Crippen LogP contribution in [-0.2, 0) is 15.2 Å². The first kappa shape index (κ1) is 40.4. The number of hydrogen-bond donors (Lipinski definition) is 4. The van der Waals surface area contributed by atoms with E-state index in [4.69, 9.17) is 5.10 Å². The number of anilines is 2. The van der Waals surface area contributed by atoms with Crippen molar-refractivity contribution in [3.8, 4) is 0 Å². The lowest BCUT2D eigenvalue weighted by Crippen LogP contribution is -2.54. The number of aromatic nitrogens is 3. The van der Waals surface area contributed by atoms with E-state index in [1.165, 1.54) is 37.0 Å². The van der Waals surface area contributed by atoms with Crippen LogP contribution in [0.4, 0.5) is 11.4 Å². The van der Waals surface area contributed by atoms with Crippen molar-refractivity contribution in [2.45, 2.75) is 128 Å². The molecule has 5 aliphatic rings. The van der Waals surface area contributed by atoms with Gasteiger partial charge in [0.05, 0.1) is 38.0 Å². The molecule has 3 aromatic heterocycles. The second-order valence-corrected chi connectivity index (χ2v) is 19.6. The molecule has 1 spiro atoms. The molecular formula is C45H54N8O6S. The fraction of sp³-hybridized carbons (Fsp3) is 0.533. The lowest BCUT2D eigenvalue weighted by atomic mass is 9.57. The van der Waals surface area contributed by atoms with Gasteiger partial charge in [-0.15, -0.1) is 11.3 Å². The Hall–Kier alpha value is -4.99. The van der Waals surface area contributed by atoms with E-state index in [1.54, 1.807) is 32.0 Å². The SMILES string of the molecule is Cc1cccc(C(=O)Nc2c(C(C)(C)O)sc3cn(C4CCC(CN(C)C5CCC6(CC5)CC(Nc5cccc7c5C(=O)N(C5CCC(=O)NC5=O)C7=O)C6)CC4)nc23)n1. The van der Waals surface area contributed by atoms with Gasteiger partial charge in [0.15, 0.2) is 0 Å². The zero-order chi connectivity index (χ0) is 42.1.